The fourth-order valence-electron chi connectivity index (χ4n) is 2.78. The molecule has 1 aliphatic carbocycles. The van der Waals surface area contributed by atoms with Crippen LogP contribution in [0.4, 0.5) is 0 Å². The smallest absolute Gasteiger partial charge is 0.243 e. The minimum Gasteiger partial charge on any atom is -0.394 e. The summed E-state index contributed by atoms with van der Waals surface area (Å²) < 4.78 is 28.0. The average molecular weight is 358 g/mol. The van der Waals surface area contributed by atoms with Crippen molar-refractivity contribution in [3.05, 3.63) is 14.7 Å². The molecule has 0 aliphatic heterocycles. The summed E-state index contributed by atoms with van der Waals surface area (Å²) in [5, 5.41) is 9.66. The SMILES string of the molecule is CC1CCCC(CO)(NS(=O)(=O)c2cc(Cl)sc2Cl)C1. The largest absolute Gasteiger partial charge is 0.394 e. The topological polar surface area (TPSA) is 66.4 Å². The first-order valence-corrected chi connectivity index (χ1v) is 9.43. The molecule has 1 aromatic heterocycles. The van der Waals surface area contributed by atoms with Gasteiger partial charge in [0.25, 0.3) is 0 Å². The minimum absolute atomic E-state index is 0.0137. The Labute approximate surface area is 133 Å². The zero-order valence-corrected chi connectivity index (χ0v) is 14.2. The molecule has 0 amide bonds. The van der Waals surface area contributed by atoms with Gasteiger partial charge in [-0.15, -0.1) is 11.3 Å². The highest BCUT2D eigenvalue weighted by molar-refractivity contribution is 7.89. The van der Waals surface area contributed by atoms with Crippen LogP contribution in [0.3, 0.4) is 0 Å². The van der Waals surface area contributed by atoms with E-state index in [2.05, 4.69) is 11.6 Å². The van der Waals surface area contributed by atoms with Crippen molar-refractivity contribution >= 4 is 44.6 Å². The van der Waals surface area contributed by atoms with E-state index in [0.717, 1.165) is 24.2 Å². The highest BCUT2D eigenvalue weighted by Gasteiger charge is 2.39. The van der Waals surface area contributed by atoms with E-state index in [0.29, 0.717) is 23.1 Å². The van der Waals surface area contributed by atoms with Gasteiger partial charge >= 0.3 is 0 Å². The van der Waals surface area contributed by atoms with Gasteiger partial charge in [0.15, 0.2) is 0 Å². The highest BCUT2D eigenvalue weighted by atomic mass is 35.5. The van der Waals surface area contributed by atoms with Crippen LogP contribution in [0.2, 0.25) is 8.67 Å². The molecule has 1 aliphatic rings. The number of aliphatic hydroxyl groups excluding tert-OH is 1. The maximum Gasteiger partial charge on any atom is 0.243 e. The van der Waals surface area contributed by atoms with Crippen molar-refractivity contribution in [2.75, 3.05) is 6.61 Å². The minimum atomic E-state index is -3.78. The zero-order valence-electron chi connectivity index (χ0n) is 11.0. The van der Waals surface area contributed by atoms with E-state index in [1.54, 1.807) is 0 Å². The second-order valence-electron chi connectivity index (χ2n) is 5.43. The lowest BCUT2D eigenvalue weighted by atomic mass is 9.78. The van der Waals surface area contributed by atoms with E-state index in [4.69, 9.17) is 23.2 Å². The number of nitrogens with one attached hydrogen (secondary N) is 1. The Morgan fingerprint density at radius 1 is 1.55 bits per heavy atom. The van der Waals surface area contributed by atoms with E-state index in [9.17, 15) is 13.5 Å². The Hall–Kier alpha value is 0.150. The maximum atomic E-state index is 12.4. The van der Waals surface area contributed by atoms with Crippen LogP contribution in [-0.4, -0.2) is 25.7 Å². The molecule has 2 unspecified atom stereocenters. The van der Waals surface area contributed by atoms with Gasteiger partial charge < -0.3 is 5.11 Å². The van der Waals surface area contributed by atoms with Crippen molar-refractivity contribution in [2.45, 2.75) is 43.0 Å². The van der Waals surface area contributed by atoms with Crippen LogP contribution in [0, 0.1) is 5.92 Å². The first-order valence-electron chi connectivity index (χ1n) is 6.38. The number of aliphatic hydroxyl groups is 1. The molecule has 8 heteroatoms. The maximum absolute atomic E-state index is 12.4. The molecule has 1 heterocycles. The lowest BCUT2D eigenvalue weighted by Crippen LogP contribution is -2.53. The van der Waals surface area contributed by atoms with E-state index in [1.807, 2.05) is 0 Å². The van der Waals surface area contributed by atoms with Gasteiger partial charge in [0.2, 0.25) is 10.0 Å². The molecule has 4 nitrogen and oxygen atoms in total. The molecular weight excluding hydrogens is 341 g/mol. The fraction of sp³-hybridized carbons (Fsp3) is 0.667. The van der Waals surface area contributed by atoms with Crippen LogP contribution in [0.5, 0.6) is 0 Å². The van der Waals surface area contributed by atoms with Crippen molar-refractivity contribution < 1.29 is 13.5 Å². The van der Waals surface area contributed by atoms with Gasteiger partial charge in [-0.3, -0.25) is 0 Å². The lowest BCUT2D eigenvalue weighted by Gasteiger charge is -2.38. The van der Waals surface area contributed by atoms with Gasteiger partial charge in [-0.25, -0.2) is 13.1 Å². The second kappa shape index (κ2) is 6.10. The van der Waals surface area contributed by atoms with Crippen molar-refractivity contribution in [1.29, 1.82) is 0 Å². The van der Waals surface area contributed by atoms with Crippen LogP contribution in [0.15, 0.2) is 11.0 Å². The normalized spacial score (nSPS) is 27.7. The molecule has 1 aromatic rings. The highest BCUT2D eigenvalue weighted by Crippen LogP contribution is 2.37. The third-order valence-electron chi connectivity index (χ3n) is 3.66. The summed E-state index contributed by atoms with van der Waals surface area (Å²) in [5.41, 5.74) is -0.797. The molecule has 1 fully saturated rings. The number of hydrogen-bond acceptors (Lipinski definition) is 4. The summed E-state index contributed by atoms with van der Waals surface area (Å²) in [4.78, 5) is -0.0137. The third-order valence-corrected chi connectivity index (χ3v) is 6.99. The van der Waals surface area contributed by atoms with E-state index < -0.39 is 15.6 Å². The summed E-state index contributed by atoms with van der Waals surface area (Å²) in [5.74, 6) is 0.375. The summed E-state index contributed by atoms with van der Waals surface area (Å²) in [7, 11) is -3.78. The van der Waals surface area contributed by atoms with Crippen molar-refractivity contribution in [2.24, 2.45) is 5.92 Å². The zero-order chi connectivity index (χ0) is 15.0. The van der Waals surface area contributed by atoms with Crippen LogP contribution in [0.25, 0.3) is 0 Å². The monoisotopic (exact) mass is 357 g/mol. The summed E-state index contributed by atoms with van der Waals surface area (Å²) in [6, 6.07) is 1.34. The van der Waals surface area contributed by atoms with Crippen molar-refractivity contribution in [3.8, 4) is 0 Å². The van der Waals surface area contributed by atoms with Gasteiger partial charge in [0.1, 0.15) is 9.23 Å². The Morgan fingerprint density at radius 2 is 2.25 bits per heavy atom. The van der Waals surface area contributed by atoms with Gasteiger partial charge in [-0.1, -0.05) is 43.0 Å². The van der Waals surface area contributed by atoms with Gasteiger partial charge in [-0.2, -0.15) is 0 Å². The van der Waals surface area contributed by atoms with Crippen LogP contribution >= 0.6 is 34.5 Å². The average Bonchev–Trinajstić information content (AvgIpc) is 2.69. The number of sulfonamides is 1. The molecule has 0 saturated heterocycles. The summed E-state index contributed by atoms with van der Waals surface area (Å²) in [6.07, 6.45) is 3.19. The Morgan fingerprint density at radius 3 is 2.75 bits per heavy atom. The Kier molecular flexibility index (Phi) is 5.04. The molecule has 0 bridgehead atoms. The van der Waals surface area contributed by atoms with Crippen molar-refractivity contribution in [3.63, 3.8) is 0 Å². The van der Waals surface area contributed by atoms with E-state index >= 15 is 0 Å². The Bertz CT molecular complexity index is 588. The molecule has 114 valence electrons. The fourth-order valence-corrected chi connectivity index (χ4v) is 6.36. The first kappa shape index (κ1) is 16.5. The number of thiophene rings is 1. The molecule has 0 radical (unpaired) electrons. The molecule has 0 spiro atoms. The van der Waals surface area contributed by atoms with Gasteiger partial charge in [0, 0.05) is 0 Å². The molecule has 20 heavy (non-hydrogen) atoms. The van der Waals surface area contributed by atoms with Crippen LogP contribution < -0.4 is 4.72 Å². The second-order valence-corrected chi connectivity index (χ2v) is 9.37. The van der Waals surface area contributed by atoms with Crippen LogP contribution in [-0.2, 0) is 10.0 Å². The molecular formula is C12H17Cl2NO3S2. The number of hydrogen-bond donors (Lipinski definition) is 2. The molecule has 1 saturated carbocycles. The van der Waals surface area contributed by atoms with E-state index in [1.165, 1.54) is 6.07 Å². The predicted molar refractivity (Wildman–Crippen MR) is 82.1 cm³/mol. The molecule has 0 aromatic carbocycles. The number of halogens is 2. The predicted octanol–water partition coefficient (Wildman–Crippen LogP) is 3.27. The van der Waals surface area contributed by atoms with Gasteiger partial charge in [-0.05, 0) is 24.8 Å². The molecule has 2 N–H and O–H groups in total. The first-order chi connectivity index (χ1) is 9.28. The van der Waals surface area contributed by atoms with Gasteiger partial charge in [0.05, 0.1) is 16.5 Å². The molecule has 2 atom stereocenters. The van der Waals surface area contributed by atoms with Crippen LogP contribution in [0.1, 0.15) is 32.6 Å². The lowest BCUT2D eigenvalue weighted by molar-refractivity contribution is 0.120. The van der Waals surface area contributed by atoms with Crippen molar-refractivity contribution in [1.82, 2.24) is 4.72 Å². The van der Waals surface area contributed by atoms with E-state index in [-0.39, 0.29) is 15.8 Å². The Balaban J connectivity index is 2.28. The summed E-state index contributed by atoms with van der Waals surface area (Å²) >= 11 is 12.7. The summed E-state index contributed by atoms with van der Waals surface area (Å²) in [6.45, 7) is 1.85. The standard InChI is InChI=1S/C12H17Cl2NO3S2/c1-8-3-2-4-12(6-8,7-16)15-20(17,18)9-5-10(13)19-11(9)14/h5,8,15-16H,2-4,6-7H2,1H3. The third kappa shape index (κ3) is 3.48. The molecule has 2 rings (SSSR count). The number of rotatable bonds is 4. The quantitative estimate of drug-likeness (QED) is 0.868.